The Morgan fingerprint density at radius 3 is 2.82 bits per heavy atom. The Hall–Kier alpha value is -3.41. The molecule has 0 spiro atoms. The maximum Gasteiger partial charge on any atom is 0.261 e. The molecule has 4 rings (SSSR count). The molecule has 0 saturated carbocycles. The average molecular weight is 382 g/mol. The van der Waals surface area contributed by atoms with E-state index in [1.54, 1.807) is 24.3 Å². The summed E-state index contributed by atoms with van der Waals surface area (Å²) < 4.78 is 27.5. The predicted molar refractivity (Wildman–Crippen MR) is 98.1 cm³/mol. The number of alkyl halides is 2. The summed E-state index contributed by atoms with van der Waals surface area (Å²) in [6.07, 6.45) is 1.57. The molecular formula is C19H16F2N6O. The van der Waals surface area contributed by atoms with Crippen molar-refractivity contribution in [2.45, 2.75) is 31.9 Å². The summed E-state index contributed by atoms with van der Waals surface area (Å²) in [6, 6.07) is 8.26. The molecule has 142 valence electrons. The average Bonchev–Trinajstić information content (AvgIpc) is 3.19. The van der Waals surface area contributed by atoms with E-state index in [9.17, 15) is 18.8 Å². The first-order chi connectivity index (χ1) is 13.6. The van der Waals surface area contributed by atoms with E-state index in [2.05, 4.69) is 15.0 Å². The molecule has 1 fully saturated rings. The van der Waals surface area contributed by atoms with Gasteiger partial charge in [-0.2, -0.15) is 5.26 Å². The fourth-order valence-corrected chi connectivity index (χ4v) is 3.66. The van der Waals surface area contributed by atoms with Gasteiger partial charge in [0.25, 0.3) is 12.0 Å². The molecule has 1 unspecified atom stereocenters. The Morgan fingerprint density at radius 2 is 2.04 bits per heavy atom. The summed E-state index contributed by atoms with van der Waals surface area (Å²) >= 11 is 0. The topological polar surface area (TPSA) is 87.7 Å². The van der Waals surface area contributed by atoms with E-state index in [0.717, 1.165) is 11.0 Å². The van der Waals surface area contributed by atoms with E-state index in [0.29, 0.717) is 29.7 Å². The van der Waals surface area contributed by atoms with Crippen molar-refractivity contribution in [3.05, 3.63) is 58.5 Å². The standard InChI is InChI=1S/C19H16F2N6O/c20-16(21)11-27-18(25-13-5-2-1-4-12(13)19(27)28)15-6-3-9-26(15)17-14(10-22)23-7-8-24-17/h1-2,4-5,7-8,15-16H,3,6,9,11H2. The molecule has 0 N–H and O–H groups in total. The lowest BCUT2D eigenvalue weighted by atomic mass is 10.1. The molecule has 1 atom stereocenters. The monoisotopic (exact) mass is 382 g/mol. The zero-order chi connectivity index (χ0) is 19.7. The molecule has 1 aromatic carbocycles. The predicted octanol–water partition coefficient (Wildman–Crippen LogP) is 2.66. The van der Waals surface area contributed by atoms with Crippen LogP contribution in [-0.4, -0.2) is 32.5 Å². The second-order valence-electron chi connectivity index (χ2n) is 6.49. The number of hydrogen-bond acceptors (Lipinski definition) is 6. The van der Waals surface area contributed by atoms with E-state index < -0.39 is 24.6 Å². The van der Waals surface area contributed by atoms with Crippen LogP contribution in [0.5, 0.6) is 0 Å². The summed E-state index contributed by atoms with van der Waals surface area (Å²) in [5.74, 6) is 0.634. The van der Waals surface area contributed by atoms with E-state index in [1.165, 1.54) is 12.4 Å². The zero-order valence-corrected chi connectivity index (χ0v) is 14.8. The van der Waals surface area contributed by atoms with Crippen LogP contribution in [0.3, 0.4) is 0 Å². The van der Waals surface area contributed by atoms with Crippen molar-refractivity contribution < 1.29 is 8.78 Å². The van der Waals surface area contributed by atoms with E-state index in [1.807, 2.05) is 11.0 Å². The van der Waals surface area contributed by atoms with Crippen LogP contribution in [-0.2, 0) is 6.54 Å². The van der Waals surface area contributed by atoms with Gasteiger partial charge in [-0.25, -0.2) is 23.7 Å². The van der Waals surface area contributed by atoms with E-state index in [4.69, 9.17) is 0 Å². The molecule has 0 aliphatic carbocycles. The SMILES string of the molecule is N#Cc1nccnc1N1CCCC1c1nc2ccccc2c(=O)n1CC(F)F. The number of nitrogens with zero attached hydrogens (tertiary/aromatic N) is 6. The molecule has 9 heteroatoms. The van der Waals surface area contributed by atoms with Crippen LogP contribution < -0.4 is 10.5 Å². The van der Waals surface area contributed by atoms with Crippen LogP contribution in [0.4, 0.5) is 14.6 Å². The van der Waals surface area contributed by atoms with Gasteiger partial charge in [0.2, 0.25) is 0 Å². The Labute approximate surface area is 158 Å². The molecule has 0 amide bonds. The molecule has 28 heavy (non-hydrogen) atoms. The molecule has 0 bridgehead atoms. The second kappa shape index (κ2) is 7.31. The normalized spacial score (nSPS) is 16.6. The highest BCUT2D eigenvalue weighted by Crippen LogP contribution is 2.35. The maximum atomic E-state index is 13.2. The minimum atomic E-state index is -2.69. The molecule has 7 nitrogen and oxygen atoms in total. The van der Waals surface area contributed by atoms with Gasteiger partial charge >= 0.3 is 0 Å². The molecule has 1 aliphatic rings. The Balaban J connectivity index is 1.89. The summed E-state index contributed by atoms with van der Waals surface area (Å²) in [5.41, 5.74) is 0.116. The first-order valence-corrected chi connectivity index (χ1v) is 8.85. The number of nitriles is 1. The van der Waals surface area contributed by atoms with Gasteiger partial charge in [-0.15, -0.1) is 0 Å². The van der Waals surface area contributed by atoms with Crippen molar-refractivity contribution in [3.63, 3.8) is 0 Å². The van der Waals surface area contributed by atoms with Crippen LogP contribution >= 0.6 is 0 Å². The van der Waals surface area contributed by atoms with Crippen LogP contribution in [0.25, 0.3) is 10.9 Å². The molecule has 2 aromatic heterocycles. The quantitative estimate of drug-likeness (QED) is 0.689. The number of halogens is 2. The third-order valence-electron chi connectivity index (χ3n) is 4.82. The molecule has 3 heterocycles. The van der Waals surface area contributed by atoms with Gasteiger partial charge in [-0.05, 0) is 25.0 Å². The summed E-state index contributed by atoms with van der Waals surface area (Å²) in [7, 11) is 0. The van der Waals surface area contributed by atoms with Gasteiger partial charge in [0, 0.05) is 18.9 Å². The molecule has 1 saturated heterocycles. The fraction of sp³-hybridized carbons (Fsp3) is 0.316. The fourth-order valence-electron chi connectivity index (χ4n) is 3.66. The lowest BCUT2D eigenvalue weighted by Crippen LogP contribution is -2.34. The third-order valence-corrected chi connectivity index (χ3v) is 4.82. The molecular weight excluding hydrogens is 366 g/mol. The Bertz CT molecular complexity index is 1120. The van der Waals surface area contributed by atoms with Crippen molar-refractivity contribution in [2.24, 2.45) is 0 Å². The largest absolute Gasteiger partial charge is 0.344 e. The number of benzene rings is 1. The number of anilines is 1. The highest BCUT2D eigenvalue weighted by atomic mass is 19.3. The summed E-state index contributed by atoms with van der Waals surface area (Å²) in [6.45, 7) is -0.169. The van der Waals surface area contributed by atoms with Crippen LogP contribution in [0, 0.1) is 11.3 Å². The van der Waals surface area contributed by atoms with Gasteiger partial charge in [0.05, 0.1) is 23.5 Å². The number of fused-ring (bicyclic) bond motifs is 1. The Morgan fingerprint density at radius 1 is 1.25 bits per heavy atom. The van der Waals surface area contributed by atoms with Gasteiger partial charge in [-0.1, -0.05) is 12.1 Å². The lowest BCUT2D eigenvalue weighted by Gasteiger charge is -2.27. The lowest BCUT2D eigenvalue weighted by molar-refractivity contribution is 0.123. The first kappa shape index (κ1) is 18.0. The zero-order valence-electron chi connectivity index (χ0n) is 14.8. The Kier molecular flexibility index (Phi) is 4.69. The number of para-hydroxylation sites is 1. The van der Waals surface area contributed by atoms with Crippen molar-refractivity contribution in [2.75, 3.05) is 11.4 Å². The van der Waals surface area contributed by atoms with E-state index in [-0.39, 0.29) is 11.5 Å². The first-order valence-electron chi connectivity index (χ1n) is 8.85. The third kappa shape index (κ3) is 3.07. The number of rotatable bonds is 4. The maximum absolute atomic E-state index is 13.2. The van der Waals surface area contributed by atoms with Crippen LogP contribution in [0.1, 0.15) is 30.4 Å². The molecule has 0 radical (unpaired) electrons. The van der Waals surface area contributed by atoms with Gasteiger partial charge in [-0.3, -0.25) is 9.36 Å². The number of aromatic nitrogens is 4. The van der Waals surface area contributed by atoms with Gasteiger partial charge in [0.15, 0.2) is 11.5 Å². The van der Waals surface area contributed by atoms with Gasteiger partial charge < -0.3 is 4.90 Å². The number of hydrogen-bond donors (Lipinski definition) is 0. The van der Waals surface area contributed by atoms with Gasteiger partial charge in [0.1, 0.15) is 11.9 Å². The smallest absolute Gasteiger partial charge is 0.261 e. The molecule has 1 aliphatic heterocycles. The van der Waals surface area contributed by atoms with Crippen LogP contribution in [0.2, 0.25) is 0 Å². The highest BCUT2D eigenvalue weighted by molar-refractivity contribution is 5.77. The minimum Gasteiger partial charge on any atom is -0.344 e. The van der Waals surface area contributed by atoms with Crippen molar-refractivity contribution >= 4 is 16.7 Å². The minimum absolute atomic E-state index is 0.151. The van der Waals surface area contributed by atoms with Crippen molar-refractivity contribution in [1.82, 2.24) is 19.5 Å². The highest BCUT2D eigenvalue weighted by Gasteiger charge is 2.33. The summed E-state index contributed by atoms with van der Waals surface area (Å²) in [4.78, 5) is 27.6. The van der Waals surface area contributed by atoms with Crippen LogP contribution in [0.15, 0.2) is 41.5 Å². The van der Waals surface area contributed by atoms with E-state index >= 15 is 0 Å². The second-order valence-corrected chi connectivity index (χ2v) is 6.49. The van der Waals surface area contributed by atoms with Crippen molar-refractivity contribution in [1.29, 1.82) is 5.26 Å². The van der Waals surface area contributed by atoms with Crippen molar-refractivity contribution in [3.8, 4) is 6.07 Å². The molecule has 3 aromatic rings. The summed E-state index contributed by atoms with van der Waals surface area (Å²) in [5, 5.41) is 9.65.